The predicted molar refractivity (Wildman–Crippen MR) is 85.4 cm³/mol. The van der Waals surface area contributed by atoms with Crippen LogP contribution in [-0.4, -0.2) is 47.9 Å². The Morgan fingerprint density at radius 1 is 1.27 bits per heavy atom. The number of ether oxygens (including phenoxy) is 1. The Morgan fingerprint density at radius 3 is 2.41 bits per heavy atom. The highest BCUT2D eigenvalue weighted by Crippen LogP contribution is 2.23. The molecule has 0 spiro atoms. The van der Waals surface area contributed by atoms with Gasteiger partial charge >= 0.3 is 5.97 Å². The molecule has 2 rings (SSSR count). The van der Waals surface area contributed by atoms with Gasteiger partial charge in [0.1, 0.15) is 0 Å². The first kappa shape index (κ1) is 16.7. The van der Waals surface area contributed by atoms with E-state index in [9.17, 15) is 9.59 Å². The molecule has 0 amide bonds. The second-order valence-electron chi connectivity index (χ2n) is 6.38. The molecule has 5 nitrogen and oxygen atoms in total. The van der Waals surface area contributed by atoms with E-state index in [-0.39, 0.29) is 11.8 Å². The van der Waals surface area contributed by atoms with Gasteiger partial charge in [0.05, 0.1) is 24.4 Å². The van der Waals surface area contributed by atoms with Crippen molar-refractivity contribution in [3.63, 3.8) is 0 Å². The topological polar surface area (TPSA) is 62.4 Å². The van der Waals surface area contributed by atoms with Crippen LogP contribution in [0.15, 0.2) is 0 Å². The number of rotatable bonds is 4. The van der Waals surface area contributed by atoms with Gasteiger partial charge in [-0.3, -0.25) is 9.69 Å². The van der Waals surface area contributed by atoms with E-state index in [0.717, 1.165) is 31.8 Å². The van der Waals surface area contributed by atoms with Crippen molar-refractivity contribution in [1.29, 1.82) is 0 Å². The van der Waals surface area contributed by atoms with E-state index >= 15 is 0 Å². The van der Waals surface area contributed by atoms with E-state index in [1.54, 1.807) is 13.8 Å². The van der Waals surface area contributed by atoms with Crippen LogP contribution in [0.3, 0.4) is 0 Å². The maximum Gasteiger partial charge on any atom is 0.339 e. The van der Waals surface area contributed by atoms with E-state index in [2.05, 4.69) is 16.8 Å². The minimum absolute atomic E-state index is 0.0466. The molecule has 2 heterocycles. The van der Waals surface area contributed by atoms with Gasteiger partial charge in [0, 0.05) is 5.69 Å². The van der Waals surface area contributed by atoms with Crippen LogP contribution < -0.4 is 0 Å². The van der Waals surface area contributed by atoms with Crippen LogP contribution in [-0.2, 0) is 4.74 Å². The zero-order valence-electron chi connectivity index (χ0n) is 14.2. The van der Waals surface area contributed by atoms with E-state index in [1.807, 2.05) is 6.92 Å². The van der Waals surface area contributed by atoms with Crippen LogP contribution in [0.2, 0.25) is 0 Å². The summed E-state index contributed by atoms with van der Waals surface area (Å²) in [6, 6.07) is -0.172. The van der Waals surface area contributed by atoms with Gasteiger partial charge in [0.25, 0.3) is 0 Å². The lowest BCUT2D eigenvalue weighted by molar-refractivity contribution is 0.0599. The number of aromatic nitrogens is 1. The lowest BCUT2D eigenvalue weighted by atomic mass is 9.96. The molecule has 1 aromatic rings. The van der Waals surface area contributed by atoms with Crippen molar-refractivity contribution in [2.45, 2.75) is 46.6 Å². The fourth-order valence-corrected chi connectivity index (χ4v) is 3.20. The Morgan fingerprint density at radius 2 is 1.86 bits per heavy atom. The zero-order valence-corrected chi connectivity index (χ0v) is 14.2. The van der Waals surface area contributed by atoms with Gasteiger partial charge in [-0.1, -0.05) is 6.92 Å². The first-order chi connectivity index (χ1) is 10.4. The Labute approximate surface area is 132 Å². The number of H-pyrrole nitrogens is 1. The van der Waals surface area contributed by atoms with Crippen LogP contribution in [0, 0.1) is 19.8 Å². The molecule has 122 valence electrons. The number of piperidine rings is 1. The number of aromatic amines is 1. The molecule has 0 radical (unpaired) electrons. The molecule has 1 aromatic heterocycles. The van der Waals surface area contributed by atoms with Crippen molar-refractivity contribution < 1.29 is 14.3 Å². The Balaban J connectivity index is 2.21. The zero-order chi connectivity index (χ0) is 16.4. The summed E-state index contributed by atoms with van der Waals surface area (Å²) in [5, 5.41) is 0. The van der Waals surface area contributed by atoms with Gasteiger partial charge in [-0.05, 0) is 58.2 Å². The highest BCUT2D eigenvalue weighted by molar-refractivity contribution is 6.03. The van der Waals surface area contributed by atoms with Gasteiger partial charge in [0.15, 0.2) is 5.78 Å². The average molecular weight is 306 g/mol. The minimum Gasteiger partial charge on any atom is -0.465 e. The lowest BCUT2D eigenvalue weighted by Crippen LogP contribution is -2.43. The molecule has 22 heavy (non-hydrogen) atoms. The van der Waals surface area contributed by atoms with Crippen LogP contribution in [0.4, 0.5) is 0 Å². The maximum atomic E-state index is 12.8. The summed E-state index contributed by atoms with van der Waals surface area (Å²) in [7, 11) is 1.35. The quantitative estimate of drug-likeness (QED) is 0.686. The monoisotopic (exact) mass is 306 g/mol. The molecule has 1 N–H and O–H groups in total. The maximum absolute atomic E-state index is 12.8. The summed E-state index contributed by atoms with van der Waals surface area (Å²) >= 11 is 0. The van der Waals surface area contributed by atoms with E-state index in [0.29, 0.717) is 22.5 Å². The molecule has 5 heteroatoms. The number of likely N-dealkylation sites (tertiary alicyclic amines) is 1. The summed E-state index contributed by atoms with van der Waals surface area (Å²) in [5.41, 5.74) is 2.38. The molecular weight excluding hydrogens is 280 g/mol. The number of aryl methyl sites for hydroxylation is 1. The Hall–Kier alpha value is -1.62. The summed E-state index contributed by atoms with van der Waals surface area (Å²) in [4.78, 5) is 29.9. The Kier molecular flexibility index (Phi) is 5.06. The van der Waals surface area contributed by atoms with Crippen LogP contribution in [0.5, 0.6) is 0 Å². The number of carbonyl (C=O) groups is 2. The molecule has 0 bridgehead atoms. The van der Waals surface area contributed by atoms with Gasteiger partial charge in [-0.15, -0.1) is 0 Å². The van der Waals surface area contributed by atoms with Gasteiger partial charge in [0.2, 0.25) is 0 Å². The number of esters is 1. The largest absolute Gasteiger partial charge is 0.465 e. The number of ketones is 1. The fourth-order valence-electron chi connectivity index (χ4n) is 3.20. The molecule has 1 saturated heterocycles. The first-order valence-electron chi connectivity index (χ1n) is 7.92. The van der Waals surface area contributed by atoms with Crippen molar-refractivity contribution in [3.8, 4) is 0 Å². The number of Topliss-reactive ketones (excluding diaryl/α,β-unsaturated/α-hetero) is 1. The summed E-state index contributed by atoms with van der Waals surface area (Å²) in [6.45, 7) is 9.71. The normalized spacial score (nSPS) is 18.2. The van der Waals surface area contributed by atoms with E-state index < -0.39 is 5.97 Å². The second kappa shape index (κ2) is 6.65. The summed E-state index contributed by atoms with van der Waals surface area (Å²) in [5.74, 6) is 0.383. The van der Waals surface area contributed by atoms with Crippen molar-refractivity contribution in [2.24, 2.45) is 5.92 Å². The third-order valence-electron chi connectivity index (χ3n) is 4.82. The third kappa shape index (κ3) is 3.09. The number of nitrogens with one attached hydrogen (secondary N) is 1. The molecule has 1 aliphatic heterocycles. The molecular formula is C17H26N2O3. The van der Waals surface area contributed by atoms with Crippen molar-refractivity contribution >= 4 is 11.8 Å². The SMILES string of the molecule is COC(=O)c1c(C)[nH]c(C(=O)C(C)N2CCC(C)CC2)c1C. The molecule has 1 aliphatic rings. The third-order valence-corrected chi connectivity index (χ3v) is 4.82. The van der Waals surface area contributed by atoms with Crippen molar-refractivity contribution in [3.05, 3.63) is 22.5 Å². The van der Waals surface area contributed by atoms with Gasteiger partial charge in [-0.25, -0.2) is 4.79 Å². The van der Waals surface area contributed by atoms with E-state index in [1.165, 1.54) is 7.11 Å². The number of methoxy groups -OCH3 is 1. The fraction of sp³-hybridized carbons (Fsp3) is 0.647. The molecule has 0 aromatic carbocycles. The van der Waals surface area contributed by atoms with Crippen LogP contribution in [0.25, 0.3) is 0 Å². The lowest BCUT2D eigenvalue weighted by Gasteiger charge is -2.34. The number of carbonyl (C=O) groups excluding carboxylic acids is 2. The highest BCUT2D eigenvalue weighted by Gasteiger charge is 2.29. The highest BCUT2D eigenvalue weighted by atomic mass is 16.5. The van der Waals surface area contributed by atoms with Crippen molar-refractivity contribution in [2.75, 3.05) is 20.2 Å². The summed E-state index contributed by atoms with van der Waals surface area (Å²) in [6.07, 6.45) is 2.27. The van der Waals surface area contributed by atoms with Gasteiger partial charge in [-0.2, -0.15) is 0 Å². The molecule has 1 fully saturated rings. The average Bonchev–Trinajstić information content (AvgIpc) is 2.80. The predicted octanol–water partition coefficient (Wildman–Crippen LogP) is 2.72. The first-order valence-corrected chi connectivity index (χ1v) is 7.92. The minimum atomic E-state index is -0.398. The van der Waals surface area contributed by atoms with Crippen molar-refractivity contribution in [1.82, 2.24) is 9.88 Å². The smallest absolute Gasteiger partial charge is 0.339 e. The van der Waals surface area contributed by atoms with Crippen LogP contribution in [0.1, 0.15) is 58.8 Å². The number of nitrogens with zero attached hydrogens (tertiary/aromatic N) is 1. The molecule has 1 atom stereocenters. The Bertz CT molecular complexity index is 569. The van der Waals surface area contributed by atoms with Gasteiger partial charge < -0.3 is 9.72 Å². The molecule has 1 unspecified atom stereocenters. The number of hydrogen-bond acceptors (Lipinski definition) is 4. The second-order valence-corrected chi connectivity index (χ2v) is 6.38. The molecule has 0 aliphatic carbocycles. The van der Waals surface area contributed by atoms with E-state index in [4.69, 9.17) is 4.74 Å². The number of hydrogen-bond donors (Lipinski definition) is 1. The van der Waals surface area contributed by atoms with Crippen LogP contribution >= 0.6 is 0 Å². The summed E-state index contributed by atoms with van der Waals surface area (Å²) < 4.78 is 4.80. The standard InChI is InChI=1S/C17H26N2O3/c1-10-6-8-19(9-7-10)13(4)16(20)15-11(2)14(12(3)18-15)17(21)22-5/h10,13,18H,6-9H2,1-5H3. The molecule has 0 saturated carbocycles.